The molecule has 1 aromatic carbocycles. The van der Waals surface area contributed by atoms with Crippen LogP contribution in [-0.4, -0.2) is 40.4 Å². The van der Waals surface area contributed by atoms with Gasteiger partial charge in [0, 0.05) is 41.0 Å². The molecule has 0 atom stereocenters. The number of nitrogens with one attached hydrogen (secondary N) is 2. The van der Waals surface area contributed by atoms with Gasteiger partial charge in [-0.3, -0.25) is 4.99 Å². The lowest BCUT2D eigenvalue weighted by Crippen LogP contribution is -2.46. The molecular formula is C19H31N3O2. The third kappa shape index (κ3) is 5.49. The van der Waals surface area contributed by atoms with Crippen molar-refractivity contribution in [1.29, 1.82) is 0 Å². The summed E-state index contributed by atoms with van der Waals surface area (Å²) >= 11 is 0. The van der Waals surface area contributed by atoms with Gasteiger partial charge >= 0.3 is 0 Å². The molecule has 1 aliphatic rings. The molecule has 0 heterocycles. The summed E-state index contributed by atoms with van der Waals surface area (Å²) < 4.78 is 10.4. The highest BCUT2D eigenvalue weighted by atomic mass is 16.5. The smallest absolute Gasteiger partial charge is 0.191 e. The first kappa shape index (κ1) is 18.7. The third-order valence-corrected chi connectivity index (χ3v) is 4.87. The first-order valence-electron chi connectivity index (χ1n) is 8.71. The van der Waals surface area contributed by atoms with E-state index in [1.165, 1.54) is 30.4 Å². The minimum Gasteiger partial charge on any atom is -0.385 e. The highest BCUT2D eigenvalue weighted by molar-refractivity contribution is 5.79. The number of ether oxygens (including phenoxy) is 2. The van der Waals surface area contributed by atoms with Crippen LogP contribution < -0.4 is 10.6 Å². The summed E-state index contributed by atoms with van der Waals surface area (Å²) in [6.45, 7) is 3.19. The van der Waals surface area contributed by atoms with Crippen LogP contribution in [-0.2, 0) is 22.6 Å². The Hall–Kier alpha value is -1.59. The molecule has 0 bridgehead atoms. The number of aliphatic imine (C=N–C) groups is 1. The quantitative estimate of drug-likeness (QED) is 0.539. The van der Waals surface area contributed by atoms with Gasteiger partial charge in [-0.05, 0) is 35.8 Å². The number of hydrogen-bond donors (Lipinski definition) is 2. The second kappa shape index (κ2) is 9.64. The van der Waals surface area contributed by atoms with Gasteiger partial charge in [0.15, 0.2) is 5.96 Å². The largest absolute Gasteiger partial charge is 0.385 e. The van der Waals surface area contributed by atoms with Crippen LogP contribution in [0.2, 0.25) is 0 Å². The third-order valence-electron chi connectivity index (χ3n) is 4.87. The molecule has 2 rings (SSSR count). The highest BCUT2D eigenvalue weighted by Crippen LogP contribution is 2.43. The monoisotopic (exact) mass is 333 g/mol. The van der Waals surface area contributed by atoms with Crippen LogP contribution in [0.15, 0.2) is 29.3 Å². The number of methoxy groups -OCH3 is 2. The van der Waals surface area contributed by atoms with Gasteiger partial charge in [0.05, 0.1) is 6.61 Å². The van der Waals surface area contributed by atoms with Crippen molar-refractivity contribution in [3.8, 4) is 0 Å². The van der Waals surface area contributed by atoms with Crippen molar-refractivity contribution in [2.45, 2.75) is 38.8 Å². The first-order chi connectivity index (χ1) is 11.7. The van der Waals surface area contributed by atoms with E-state index in [0.29, 0.717) is 12.0 Å². The number of guanidine groups is 1. The van der Waals surface area contributed by atoms with Crippen molar-refractivity contribution in [1.82, 2.24) is 10.6 Å². The highest BCUT2D eigenvalue weighted by Gasteiger charge is 2.36. The average Bonchev–Trinajstić information content (AvgIpc) is 2.57. The van der Waals surface area contributed by atoms with Crippen molar-refractivity contribution in [3.63, 3.8) is 0 Å². The molecule has 0 radical (unpaired) electrons. The summed E-state index contributed by atoms with van der Waals surface area (Å²) in [6.07, 6.45) is 5.00. The van der Waals surface area contributed by atoms with Crippen LogP contribution in [0.4, 0.5) is 0 Å². The van der Waals surface area contributed by atoms with E-state index in [4.69, 9.17) is 9.47 Å². The fraction of sp³-hybridized carbons (Fsp3) is 0.632. The van der Waals surface area contributed by atoms with Crippen LogP contribution in [0, 0.1) is 5.41 Å². The Kier molecular flexibility index (Phi) is 7.53. The van der Waals surface area contributed by atoms with E-state index in [-0.39, 0.29) is 0 Å². The molecule has 5 heteroatoms. The van der Waals surface area contributed by atoms with E-state index in [9.17, 15) is 0 Å². The predicted molar refractivity (Wildman–Crippen MR) is 98.1 cm³/mol. The molecule has 5 nitrogen and oxygen atoms in total. The molecule has 0 unspecified atom stereocenters. The van der Waals surface area contributed by atoms with Gasteiger partial charge in [0.1, 0.15) is 0 Å². The maximum atomic E-state index is 5.26. The van der Waals surface area contributed by atoms with Gasteiger partial charge in [-0.1, -0.05) is 30.7 Å². The van der Waals surface area contributed by atoms with Gasteiger partial charge in [-0.15, -0.1) is 0 Å². The van der Waals surface area contributed by atoms with Crippen molar-refractivity contribution >= 4 is 5.96 Å². The van der Waals surface area contributed by atoms with Crippen LogP contribution in [0.3, 0.4) is 0 Å². The van der Waals surface area contributed by atoms with Gasteiger partial charge in [-0.25, -0.2) is 0 Å². The SMILES string of the molecule is CN=C(NCc1cccc(COC)c1)NCC1(CCOC)CCC1. The summed E-state index contributed by atoms with van der Waals surface area (Å²) in [5, 5.41) is 6.89. The van der Waals surface area contributed by atoms with Gasteiger partial charge < -0.3 is 20.1 Å². The lowest BCUT2D eigenvalue weighted by Gasteiger charge is -2.42. The lowest BCUT2D eigenvalue weighted by atomic mass is 9.67. The molecule has 24 heavy (non-hydrogen) atoms. The molecule has 0 saturated heterocycles. The molecule has 2 N–H and O–H groups in total. The Morgan fingerprint density at radius 3 is 2.58 bits per heavy atom. The first-order valence-corrected chi connectivity index (χ1v) is 8.71. The Bertz CT molecular complexity index is 527. The van der Waals surface area contributed by atoms with E-state index >= 15 is 0 Å². The summed E-state index contributed by atoms with van der Waals surface area (Å²) in [4.78, 5) is 4.34. The van der Waals surface area contributed by atoms with Gasteiger partial charge in [-0.2, -0.15) is 0 Å². The number of benzene rings is 1. The maximum absolute atomic E-state index is 5.26. The fourth-order valence-corrected chi connectivity index (χ4v) is 3.18. The minimum absolute atomic E-state index is 0.381. The summed E-state index contributed by atoms with van der Waals surface area (Å²) in [5.74, 6) is 0.857. The molecule has 1 aliphatic carbocycles. The zero-order chi connectivity index (χ0) is 17.3. The van der Waals surface area contributed by atoms with Crippen molar-refractivity contribution in [2.75, 3.05) is 34.4 Å². The topological polar surface area (TPSA) is 54.9 Å². The van der Waals surface area contributed by atoms with Crippen LogP contribution in [0.5, 0.6) is 0 Å². The van der Waals surface area contributed by atoms with E-state index < -0.39 is 0 Å². The molecule has 0 aromatic heterocycles. The molecule has 1 saturated carbocycles. The van der Waals surface area contributed by atoms with Gasteiger partial charge in [0.2, 0.25) is 0 Å². The summed E-state index contributed by atoms with van der Waals surface area (Å²) in [6, 6.07) is 8.42. The Morgan fingerprint density at radius 2 is 1.96 bits per heavy atom. The van der Waals surface area contributed by atoms with E-state index in [2.05, 4.69) is 39.9 Å². The van der Waals surface area contributed by atoms with E-state index in [0.717, 1.165) is 32.1 Å². The Morgan fingerprint density at radius 1 is 1.17 bits per heavy atom. The zero-order valence-electron chi connectivity index (χ0n) is 15.2. The molecule has 0 amide bonds. The summed E-state index contributed by atoms with van der Waals surface area (Å²) in [7, 11) is 5.31. The number of nitrogens with zero attached hydrogens (tertiary/aromatic N) is 1. The molecule has 0 aliphatic heterocycles. The molecule has 0 spiro atoms. The maximum Gasteiger partial charge on any atom is 0.191 e. The second-order valence-electron chi connectivity index (χ2n) is 6.63. The molecule has 1 aromatic rings. The average molecular weight is 333 g/mol. The summed E-state index contributed by atoms with van der Waals surface area (Å²) in [5.41, 5.74) is 2.80. The van der Waals surface area contributed by atoms with Crippen LogP contribution in [0.25, 0.3) is 0 Å². The van der Waals surface area contributed by atoms with Crippen LogP contribution in [0.1, 0.15) is 36.8 Å². The fourth-order valence-electron chi connectivity index (χ4n) is 3.18. The van der Waals surface area contributed by atoms with Gasteiger partial charge in [0.25, 0.3) is 0 Å². The predicted octanol–water partition coefficient (Wildman–Crippen LogP) is 2.70. The molecule has 134 valence electrons. The minimum atomic E-state index is 0.381. The number of hydrogen-bond acceptors (Lipinski definition) is 3. The Balaban J connectivity index is 1.81. The van der Waals surface area contributed by atoms with E-state index in [1.807, 2.05) is 7.05 Å². The van der Waals surface area contributed by atoms with Crippen molar-refractivity contribution < 1.29 is 9.47 Å². The van der Waals surface area contributed by atoms with Crippen molar-refractivity contribution in [2.24, 2.45) is 10.4 Å². The normalized spacial score (nSPS) is 16.5. The number of rotatable bonds is 9. The van der Waals surface area contributed by atoms with Crippen molar-refractivity contribution in [3.05, 3.63) is 35.4 Å². The standard InChI is InChI=1S/C19H31N3O2/c1-20-18(22-15-19(8-5-9-19)10-11-23-2)21-13-16-6-4-7-17(12-16)14-24-3/h4,6-7,12H,5,8-11,13-15H2,1-3H3,(H2,20,21,22). The molecule has 1 fully saturated rings. The zero-order valence-corrected chi connectivity index (χ0v) is 15.2. The Labute approximate surface area is 145 Å². The second-order valence-corrected chi connectivity index (χ2v) is 6.63. The van der Waals surface area contributed by atoms with Crippen LogP contribution >= 0.6 is 0 Å². The van der Waals surface area contributed by atoms with E-state index in [1.54, 1.807) is 14.2 Å². The lowest BCUT2D eigenvalue weighted by molar-refractivity contribution is 0.0732. The molecular weight excluding hydrogens is 302 g/mol.